The van der Waals surface area contributed by atoms with Gasteiger partial charge in [-0.15, -0.1) is 0 Å². The van der Waals surface area contributed by atoms with E-state index in [0.717, 1.165) is 5.56 Å². The molecule has 0 atom stereocenters. The van der Waals surface area contributed by atoms with Crippen molar-refractivity contribution in [2.75, 3.05) is 30.9 Å². The number of carbonyl (C=O) groups is 2. The Morgan fingerprint density at radius 1 is 1.26 bits per heavy atom. The molecule has 0 fully saturated rings. The van der Waals surface area contributed by atoms with Gasteiger partial charge >= 0.3 is 0 Å². The lowest BCUT2D eigenvalue weighted by molar-refractivity contribution is -0.118. The van der Waals surface area contributed by atoms with Gasteiger partial charge in [0, 0.05) is 13.2 Å². The summed E-state index contributed by atoms with van der Waals surface area (Å²) in [6.45, 7) is 2.17. The van der Waals surface area contributed by atoms with E-state index in [1.54, 1.807) is 9.47 Å². The zero-order valence-electron chi connectivity index (χ0n) is 13.8. The van der Waals surface area contributed by atoms with E-state index in [9.17, 15) is 9.59 Å². The maximum atomic E-state index is 12.9. The molecule has 120 valence electrons. The van der Waals surface area contributed by atoms with Crippen molar-refractivity contribution in [1.29, 1.82) is 0 Å². The van der Waals surface area contributed by atoms with Gasteiger partial charge < -0.3 is 14.8 Å². The third-order valence-corrected chi connectivity index (χ3v) is 3.87. The number of amides is 2. The number of fused-ring (bicyclic) bond motifs is 2. The molecule has 1 N–H and O–H groups in total. The van der Waals surface area contributed by atoms with Gasteiger partial charge in [-0.25, -0.2) is 0 Å². The highest BCUT2D eigenvalue weighted by Gasteiger charge is 2.32. The molecule has 0 saturated heterocycles. The van der Waals surface area contributed by atoms with Crippen molar-refractivity contribution >= 4 is 28.9 Å². The van der Waals surface area contributed by atoms with Gasteiger partial charge in [-0.05, 0) is 38.7 Å². The lowest BCUT2D eigenvalue weighted by Gasteiger charge is -2.25. The lowest BCUT2D eigenvalue weighted by Crippen LogP contribution is -2.35. The van der Waals surface area contributed by atoms with Gasteiger partial charge in [0.25, 0.3) is 5.91 Å². The Bertz CT molecular complexity index is 792. The first-order valence-electron chi connectivity index (χ1n) is 7.44. The van der Waals surface area contributed by atoms with E-state index in [2.05, 4.69) is 5.32 Å². The second kappa shape index (κ2) is 5.55. The number of nitrogens with zero attached hydrogens (tertiary/aromatic N) is 3. The summed E-state index contributed by atoms with van der Waals surface area (Å²) >= 11 is 0. The van der Waals surface area contributed by atoms with E-state index < -0.39 is 0 Å². The molecule has 23 heavy (non-hydrogen) atoms. The number of hydrogen-bond donors (Lipinski definition) is 1. The van der Waals surface area contributed by atoms with Crippen LogP contribution in [0.4, 0.5) is 17.1 Å². The molecule has 0 saturated carbocycles. The molecule has 2 amide bonds. The van der Waals surface area contributed by atoms with E-state index in [1.807, 2.05) is 63.4 Å². The van der Waals surface area contributed by atoms with Crippen molar-refractivity contribution in [2.24, 2.45) is 7.05 Å². The molecule has 0 radical (unpaired) electrons. The number of likely N-dealkylation sites (N-methyl/N-ethyl adjacent to an activating group) is 1. The Hall–Kier alpha value is -2.60. The van der Waals surface area contributed by atoms with Gasteiger partial charge in [0.2, 0.25) is 5.91 Å². The highest BCUT2D eigenvalue weighted by Crippen LogP contribution is 2.40. The molecular formula is C17H20N4O2. The van der Waals surface area contributed by atoms with Gasteiger partial charge in [0.1, 0.15) is 5.69 Å². The topological polar surface area (TPSA) is 57.6 Å². The third-order valence-electron chi connectivity index (χ3n) is 3.87. The largest absolute Gasteiger partial charge is 0.345 e. The minimum absolute atomic E-state index is 0.0745. The van der Waals surface area contributed by atoms with Crippen molar-refractivity contribution < 1.29 is 9.59 Å². The summed E-state index contributed by atoms with van der Waals surface area (Å²) < 4.78 is 1.77. The van der Waals surface area contributed by atoms with E-state index in [-0.39, 0.29) is 18.4 Å². The predicted molar refractivity (Wildman–Crippen MR) is 90.2 cm³/mol. The molecule has 6 nitrogen and oxygen atoms in total. The molecule has 2 aromatic rings. The van der Waals surface area contributed by atoms with Crippen LogP contribution in [-0.2, 0) is 11.8 Å². The fourth-order valence-electron chi connectivity index (χ4n) is 3.00. The van der Waals surface area contributed by atoms with Gasteiger partial charge in [0.15, 0.2) is 0 Å². The fourth-order valence-corrected chi connectivity index (χ4v) is 3.00. The second-order valence-corrected chi connectivity index (χ2v) is 6.06. The first-order chi connectivity index (χ1) is 10.9. The van der Waals surface area contributed by atoms with E-state index in [4.69, 9.17) is 0 Å². The molecular weight excluding hydrogens is 292 g/mol. The third kappa shape index (κ3) is 2.51. The maximum absolute atomic E-state index is 12.9. The van der Waals surface area contributed by atoms with E-state index in [1.165, 1.54) is 0 Å². The summed E-state index contributed by atoms with van der Waals surface area (Å²) in [5, 5.41) is 2.90. The number of hydrogen-bond acceptors (Lipinski definition) is 3. The fraction of sp³-hybridized carbons (Fsp3) is 0.294. The molecule has 0 bridgehead atoms. The average Bonchev–Trinajstić information content (AvgIpc) is 2.67. The van der Waals surface area contributed by atoms with Crippen LogP contribution in [0.5, 0.6) is 0 Å². The van der Waals surface area contributed by atoms with E-state index in [0.29, 0.717) is 22.8 Å². The van der Waals surface area contributed by atoms with Gasteiger partial charge in [-0.3, -0.25) is 14.5 Å². The molecule has 1 aromatic heterocycles. The first kappa shape index (κ1) is 15.3. The van der Waals surface area contributed by atoms with Crippen LogP contribution >= 0.6 is 0 Å². The second-order valence-electron chi connectivity index (χ2n) is 6.06. The zero-order chi connectivity index (χ0) is 16.7. The normalized spacial score (nSPS) is 13.4. The number of aryl methyl sites for hydroxylation is 2. The summed E-state index contributed by atoms with van der Waals surface area (Å²) in [6, 6.07) is 7.37. The number of aromatic nitrogens is 1. The summed E-state index contributed by atoms with van der Waals surface area (Å²) in [4.78, 5) is 29.0. The Morgan fingerprint density at radius 3 is 2.65 bits per heavy atom. The smallest absolute Gasteiger partial charge is 0.274 e. The maximum Gasteiger partial charge on any atom is 0.274 e. The van der Waals surface area contributed by atoms with E-state index >= 15 is 0 Å². The first-order valence-corrected chi connectivity index (χ1v) is 7.44. The van der Waals surface area contributed by atoms with Crippen molar-refractivity contribution in [3.05, 3.63) is 41.7 Å². The van der Waals surface area contributed by atoms with Crippen LogP contribution in [0.3, 0.4) is 0 Å². The monoisotopic (exact) mass is 312 g/mol. The Morgan fingerprint density at radius 2 is 1.96 bits per heavy atom. The number of carbonyl (C=O) groups excluding carboxylic acids is 2. The average molecular weight is 312 g/mol. The minimum Gasteiger partial charge on any atom is -0.345 e. The molecule has 2 heterocycles. The molecule has 3 rings (SSSR count). The molecule has 0 spiro atoms. The van der Waals surface area contributed by atoms with Crippen LogP contribution < -0.4 is 10.2 Å². The van der Waals surface area contributed by atoms with Gasteiger partial charge in [-0.2, -0.15) is 0 Å². The highest BCUT2D eigenvalue weighted by atomic mass is 16.2. The number of anilines is 3. The Kier molecular flexibility index (Phi) is 3.69. The zero-order valence-corrected chi connectivity index (χ0v) is 13.8. The number of benzene rings is 1. The van der Waals surface area contributed by atoms with Crippen LogP contribution in [0.1, 0.15) is 16.1 Å². The lowest BCUT2D eigenvalue weighted by atomic mass is 10.2. The predicted octanol–water partition coefficient (Wildman–Crippen LogP) is 2.13. The minimum atomic E-state index is -0.205. The quantitative estimate of drug-likeness (QED) is 0.924. The van der Waals surface area contributed by atoms with Gasteiger partial charge in [-0.1, -0.05) is 12.1 Å². The van der Waals surface area contributed by atoms with Gasteiger partial charge in [0.05, 0.1) is 23.6 Å². The van der Waals surface area contributed by atoms with Crippen molar-refractivity contribution in [2.45, 2.75) is 6.92 Å². The van der Waals surface area contributed by atoms with Crippen LogP contribution in [0, 0.1) is 6.92 Å². The number of rotatable bonds is 2. The number of nitrogens with one attached hydrogen (secondary N) is 1. The highest BCUT2D eigenvalue weighted by molar-refractivity contribution is 6.17. The van der Waals surface area contributed by atoms with Crippen LogP contribution in [0.15, 0.2) is 30.5 Å². The van der Waals surface area contributed by atoms with Crippen molar-refractivity contribution in [1.82, 2.24) is 9.47 Å². The van der Waals surface area contributed by atoms with Crippen molar-refractivity contribution in [3.63, 3.8) is 0 Å². The SMILES string of the molecule is Cc1cn(C)c2c1N(C(=O)CN(C)C)c1ccccc1NC2=O. The van der Waals surface area contributed by atoms with Crippen LogP contribution in [-0.4, -0.2) is 41.9 Å². The Balaban J connectivity index is 2.26. The molecule has 0 aliphatic carbocycles. The molecule has 0 unspecified atom stereocenters. The number of para-hydroxylation sites is 2. The summed E-state index contributed by atoms with van der Waals surface area (Å²) in [5.74, 6) is -0.280. The molecule has 1 aromatic carbocycles. The Labute approximate surface area is 135 Å². The summed E-state index contributed by atoms with van der Waals surface area (Å²) in [5.41, 5.74) is 3.37. The van der Waals surface area contributed by atoms with Crippen molar-refractivity contribution in [3.8, 4) is 0 Å². The summed E-state index contributed by atoms with van der Waals surface area (Å²) in [6.07, 6.45) is 1.87. The molecule has 1 aliphatic heterocycles. The van der Waals surface area contributed by atoms with Crippen LogP contribution in [0.25, 0.3) is 0 Å². The molecule has 6 heteroatoms. The van der Waals surface area contributed by atoms with Crippen LogP contribution in [0.2, 0.25) is 0 Å². The summed E-state index contributed by atoms with van der Waals surface area (Å²) in [7, 11) is 5.52. The standard InChI is InChI=1S/C17H20N4O2/c1-11-9-20(4)16-15(11)21(14(22)10-19(2)3)13-8-6-5-7-12(13)18-17(16)23/h5-9H,10H2,1-4H3,(H,18,23). The molecule has 1 aliphatic rings.